The van der Waals surface area contributed by atoms with Gasteiger partial charge in [0.25, 0.3) is 17.0 Å². The lowest BCUT2D eigenvalue weighted by Gasteiger charge is -2.33. The number of ether oxygens (including phenoxy) is 3. The number of carbonyl (C=O) groups is 1. The predicted molar refractivity (Wildman–Crippen MR) is 409 cm³/mol. The van der Waals surface area contributed by atoms with Gasteiger partial charge in [-0.3, -0.25) is 19.3 Å². The maximum Gasteiger partial charge on any atom is 0.275 e. The van der Waals surface area contributed by atoms with Crippen molar-refractivity contribution in [2.24, 2.45) is 7.05 Å². The number of aryl methyl sites for hydroxylation is 4. The fourth-order valence-electron chi connectivity index (χ4n) is 13.3. The zero-order valence-electron chi connectivity index (χ0n) is 61.6. The molecular formula is C74H98ClN17O12S2. The van der Waals surface area contributed by atoms with Gasteiger partial charge in [-0.2, -0.15) is 13.6 Å². The zero-order valence-corrected chi connectivity index (χ0v) is 64.0. The number of benzene rings is 3. The third kappa shape index (κ3) is 18.7. The topological polar surface area (TPSA) is 347 Å². The molecule has 1 amide bonds. The number of aliphatic hydroxyl groups is 2. The van der Waals surface area contributed by atoms with Crippen LogP contribution < -0.4 is 40.9 Å². The predicted octanol–water partition coefficient (Wildman–Crippen LogP) is 7.88. The molecule has 12 rings (SSSR count). The number of carbonyl (C=O) groups excluding carboxylic acids is 1. The number of H-pyrrole nitrogens is 2. The smallest absolute Gasteiger partial charge is 0.275 e. The average molecular weight is 1520 g/mol. The fraction of sp³-hybridized carbons (Fsp3) is 0.473. The number of aromatic nitrogens is 10. The number of rotatable bonds is 29. The number of aliphatic hydroxyl groups excluding tert-OH is 2. The van der Waals surface area contributed by atoms with Crippen molar-refractivity contribution in [1.82, 2.24) is 72.7 Å². The van der Waals surface area contributed by atoms with E-state index in [1.54, 1.807) is 78.7 Å². The third-order valence-corrected chi connectivity index (χ3v) is 22.8. The van der Waals surface area contributed by atoms with E-state index in [1.165, 1.54) is 14.8 Å². The highest BCUT2D eigenvalue weighted by atomic mass is 35.5. The Morgan fingerprint density at radius 2 is 1.25 bits per heavy atom. The first-order valence-electron chi connectivity index (χ1n) is 36.4. The first kappa shape index (κ1) is 79.6. The minimum absolute atomic E-state index is 0.0236. The Hall–Kier alpha value is -8.92. The number of hydrogen-bond donors (Lipinski definition) is 6. The summed E-state index contributed by atoms with van der Waals surface area (Å²) in [6.07, 6.45) is 15.7. The summed E-state index contributed by atoms with van der Waals surface area (Å²) in [5.41, 5.74) is 5.84. The molecule has 0 spiro atoms. The lowest BCUT2D eigenvalue weighted by atomic mass is 10.1. The molecule has 9 aromatic rings. The van der Waals surface area contributed by atoms with Crippen molar-refractivity contribution >= 4 is 71.4 Å². The largest absolute Gasteiger partial charge is 0.495 e. The van der Waals surface area contributed by atoms with E-state index >= 15 is 0 Å². The summed E-state index contributed by atoms with van der Waals surface area (Å²) in [4.78, 5) is 78.4. The number of β-amino-alcohol motifs (C(OH)–C–C–N with tert-alkyl or cyclic N) is 1. The van der Waals surface area contributed by atoms with Gasteiger partial charge in [0, 0.05) is 117 Å². The molecule has 570 valence electrons. The number of fused-ring (bicyclic) bond motifs is 2. The number of piperazine rings is 2. The Bertz CT molecular complexity index is 4830. The van der Waals surface area contributed by atoms with Gasteiger partial charge in [0.1, 0.15) is 57.1 Å². The standard InChI is InChI=1S/C26H37N5O5S.C25H35N5O4S.C23H26ClN7O3/c1-4-7-19-18-30(6-3)24-23(19)27-25(28-26(24)33)21-17-20(8-9-22(21)36-16-5-2)37(34,35)31-12-10-29(11-13-31)14-15-32;1-5-8-18-17-28(4)23-22(18)26-24(27-25(23)31)20-16-19(9-10-21(20)34-7-3)35(32,33)30-14-12-29(11-6-2)13-15-30;1-34-19-6-5-15(10-18(19)24)11-27-21-17(22(33)28-13-20-25-7-3-8-26-20)12-29-23(30-21)31-9-2-4-16(31)14-32/h8-9,17-18,32H,4-7,10-16H2,1-3H3,(H,27,28,33);9-10,16-17H,5-8,11-15H2,1-4H3,(H,26,27,31);3,5-8,10,12,16,32H,2,4,9,11,13-14H2,1H3,(H,28,33)(H,27,29,30)/t;;16-/m..0/s1. The number of aromatic amines is 2. The summed E-state index contributed by atoms with van der Waals surface area (Å²) in [6, 6.07) is 16.7. The van der Waals surface area contributed by atoms with Crippen molar-refractivity contribution in [3.05, 3.63) is 145 Å². The van der Waals surface area contributed by atoms with E-state index in [1.807, 2.05) is 60.6 Å². The molecule has 0 aliphatic carbocycles. The second-order valence-electron chi connectivity index (χ2n) is 26.0. The summed E-state index contributed by atoms with van der Waals surface area (Å²) in [5, 5.41) is 25.4. The van der Waals surface area contributed by atoms with E-state index in [2.05, 4.69) is 66.2 Å². The van der Waals surface area contributed by atoms with Crippen molar-refractivity contribution in [3.8, 4) is 40.0 Å². The van der Waals surface area contributed by atoms with Crippen LogP contribution >= 0.6 is 11.6 Å². The Balaban J connectivity index is 0.000000170. The third-order valence-electron chi connectivity index (χ3n) is 18.7. The van der Waals surface area contributed by atoms with Crippen LogP contribution in [-0.2, 0) is 59.6 Å². The molecule has 0 saturated carbocycles. The highest BCUT2D eigenvalue weighted by molar-refractivity contribution is 7.89. The maximum atomic E-state index is 13.5. The molecular weight excluding hydrogens is 1420 g/mol. The second-order valence-corrected chi connectivity index (χ2v) is 30.3. The van der Waals surface area contributed by atoms with Gasteiger partial charge in [-0.1, -0.05) is 58.2 Å². The fourth-order valence-corrected chi connectivity index (χ4v) is 16.5. The Labute approximate surface area is 623 Å². The van der Waals surface area contributed by atoms with E-state index in [-0.39, 0.29) is 52.6 Å². The van der Waals surface area contributed by atoms with Gasteiger partial charge >= 0.3 is 0 Å². The summed E-state index contributed by atoms with van der Waals surface area (Å²) < 4.78 is 77.7. The minimum atomic E-state index is -3.77. The normalized spacial score (nSPS) is 15.5. The number of nitrogens with zero attached hydrogens (tertiary/aromatic N) is 13. The molecule has 29 nitrogen and oxygen atoms in total. The molecule has 6 aromatic heterocycles. The molecule has 3 aliphatic rings. The summed E-state index contributed by atoms with van der Waals surface area (Å²) in [7, 11) is -4.08. The SMILES string of the molecule is CCCOc1ccc(S(=O)(=O)N2CCN(CCO)CC2)cc1-c1nc2c(CCC)cn(CC)c2c(=O)[nH]1.CCCc1cn(C)c2c(=O)[nH]c(-c3cc(S(=O)(=O)N4CCN(CCC)CC4)ccc3OCC)nc12.COc1ccc(CNc2nc(N3CCC[C@H]3CO)ncc2C(=O)NCc2ncccn2)cc1Cl. The van der Waals surface area contributed by atoms with E-state index in [0.717, 1.165) is 94.2 Å². The first-order valence-corrected chi connectivity index (χ1v) is 39.6. The molecule has 3 aliphatic heterocycles. The summed E-state index contributed by atoms with van der Waals surface area (Å²) >= 11 is 6.25. The van der Waals surface area contributed by atoms with E-state index < -0.39 is 20.0 Å². The van der Waals surface area contributed by atoms with Gasteiger partial charge in [0.2, 0.25) is 26.0 Å². The molecule has 9 heterocycles. The van der Waals surface area contributed by atoms with Gasteiger partial charge in [-0.15, -0.1) is 0 Å². The van der Waals surface area contributed by atoms with E-state index in [9.17, 15) is 41.4 Å². The van der Waals surface area contributed by atoms with Gasteiger partial charge in [0.15, 0.2) is 0 Å². The molecule has 3 saturated heterocycles. The Morgan fingerprint density at radius 1 is 0.670 bits per heavy atom. The second kappa shape index (κ2) is 37.1. The Morgan fingerprint density at radius 3 is 1.81 bits per heavy atom. The molecule has 0 unspecified atom stereocenters. The van der Waals surface area contributed by atoms with Crippen molar-refractivity contribution < 1.29 is 46.1 Å². The molecule has 32 heteroatoms. The van der Waals surface area contributed by atoms with Crippen LogP contribution in [0.15, 0.2) is 111 Å². The lowest BCUT2D eigenvalue weighted by Crippen LogP contribution is -2.49. The maximum absolute atomic E-state index is 13.5. The lowest BCUT2D eigenvalue weighted by molar-refractivity contribution is 0.0949. The van der Waals surface area contributed by atoms with Gasteiger partial charge in [-0.25, -0.2) is 41.8 Å². The van der Waals surface area contributed by atoms with Crippen molar-refractivity contribution in [2.45, 2.75) is 128 Å². The van der Waals surface area contributed by atoms with Crippen LogP contribution in [0.5, 0.6) is 17.2 Å². The molecule has 0 radical (unpaired) electrons. The van der Waals surface area contributed by atoms with Crippen LogP contribution in [0.25, 0.3) is 44.8 Å². The molecule has 6 N–H and O–H groups in total. The van der Waals surface area contributed by atoms with Crippen LogP contribution in [0.4, 0.5) is 11.8 Å². The first-order chi connectivity index (χ1) is 51.2. The monoisotopic (exact) mass is 1520 g/mol. The number of amides is 1. The average Bonchev–Trinajstić information content (AvgIpc) is 1.42. The van der Waals surface area contributed by atoms with Gasteiger partial charge < -0.3 is 64.0 Å². The van der Waals surface area contributed by atoms with Crippen LogP contribution in [0, 0.1) is 0 Å². The van der Waals surface area contributed by atoms with Crippen molar-refractivity contribution in [2.75, 3.05) is 116 Å². The Kier molecular flexibility index (Phi) is 27.8. The van der Waals surface area contributed by atoms with E-state index in [0.29, 0.717) is 162 Å². The molecule has 3 fully saturated rings. The highest BCUT2D eigenvalue weighted by Gasteiger charge is 2.33. The number of halogens is 1. The zero-order chi connectivity index (χ0) is 75.7. The van der Waals surface area contributed by atoms with Gasteiger partial charge in [0.05, 0.1) is 83.1 Å². The number of hydrogen-bond acceptors (Lipinski definition) is 22. The molecule has 106 heavy (non-hydrogen) atoms. The molecule has 0 bridgehead atoms. The summed E-state index contributed by atoms with van der Waals surface area (Å²) in [5.74, 6) is 3.13. The quantitative estimate of drug-likeness (QED) is 0.0259. The number of methoxy groups -OCH3 is 1. The minimum Gasteiger partial charge on any atom is -0.495 e. The van der Waals surface area contributed by atoms with Crippen LogP contribution in [0.3, 0.4) is 0 Å². The van der Waals surface area contributed by atoms with Gasteiger partial charge in [-0.05, 0) is 130 Å². The van der Waals surface area contributed by atoms with Crippen molar-refractivity contribution in [3.63, 3.8) is 0 Å². The molecule has 1 atom stereocenters. The summed E-state index contributed by atoms with van der Waals surface area (Å²) in [6.45, 7) is 20.7. The highest BCUT2D eigenvalue weighted by Crippen LogP contribution is 2.36. The van der Waals surface area contributed by atoms with Crippen molar-refractivity contribution in [1.29, 1.82) is 0 Å². The molecule has 3 aromatic carbocycles. The van der Waals surface area contributed by atoms with Crippen LogP contribution in [0.2, 0.25) is 5.02 Å². The number of nitrogens with one attached hydrogen (secondary N) is 4. The number of anilines is 2. The van der Waals surface area contributed by atoms with E-state index in [4.69, 9.17) is 35.8 Å². The number of sulfonamides is 2. The van der Waals surface area contributed by atoms with Crippen LogP contribution in [0.1, 0.15) is 113 Å². The van der Waals surface area contributed by atoms with Crippen LogP contribution in [-0.4, -0.2) is 212 Å².